The van der Waals surface area contributed by atoms with E-state index in [2.05, 4.69) is 28.0 Å². The summed E-state index contributed by atoms with van der Waals surface area (Å²) in [6, 6.07) is 4.05. The Labute approximate surface area is 100 Å². The van der Waals surface area contributed by atoms with Crippen molar-refractivity contribution in [3.63, 3.8) is 0 Å². The van der Waals surface area contributed by atoms with Crippen molar-refractivity contribution < 1.29 is 0 Å². The molecule has 1 atom stereocenters. The lowest BCUT2D eigenvalue weighted by molar-refractivity contribution is 0.602. The fraction of sp³-hybridized carbons (Fsp3) is 0.500. The molecule has 0 spiro atoms. The van der Waals surface area contributed by atoms with Crippen molar-refractivity contribution in [3.05, 3.63) is 23.9 Å². The first-order chi connectivity index (χ1) is 8.28. The summed E-state index contributed by atoms with van der Waals surface area (Å²) in [6.45, 7) is 4.80. The zero-order valence-electron chi connectivity index (χ0n) is 10.0. The number of aromatic nitrogens is 3. The largest absolute Gasteiger partial charge is 0.339 e. The highest BCUT2D eigenvalue weighted by Crippen LogP contribution is 2.21. The van der Waals surface area contributed by atoms with Crippen LogP contribution in [-0.2, 0) is 0 Å². The van der Waals surface area contributed by atoms with Gasteiger partial charge in [0.05, 0.1) is 0 Å². The lowest BCUT2D eigenvalue weighted by atomic mass is 10.1. The molecule has 2 aromatic heterocycles. The third kappa shape index (κ3) is 1.76. The molecule has 1 saturated heterocycles. The van der Waals surface area contributed by atoms with Gasteiger partial charge in [-0.15, -0.1) is 5.10 Å². The first kappa shape index (κ1) is 10.5. The Balaban J connectivity index is 1.94. The molecular weight excluding hydrogens is 214 g/mol. The van der Waals surface area contributed by atoms with Gasteiger partial charge in [0.15, 0.2) is 5.65 Å². The number of rotatable bonds is 2. The average molecular weight is 231 g/mol. The minimum absolute atomic E-state index is 0.586. The molecule has 3 rings (SSSR count). The van der Waals surface area contributed by atoms with Crippen LogP contribution in [0.2, 0.25) is 0 Å². The summed E-state index contributed by atoms with van der Waals surface area (Å²) in [5, 5.41) is 4.51. The molecule has 1 fully saturated rings. The Morgan fingerprint density at radius 1 is 1.53 bits per heavy atom. The number of anilines is 1. The Hall–Kier alpha value is -1.62. The second-order valence-electron chi connectivity index (χ2n) is 4.71. The summed E-state index contributed by atoms with van der Waals surface area (Å²) in [7, 11) is 0. The summed E-state index contributed by atoms with van der Waals surface area (Å²) < 4.78 is 1.85. The Morgan fingerprint density at radius 3 is 3.12 bits per heavy atom. The molecule has 17 heavy (non-hydrogen) atoms. The minimum Gasteiger partial charge on any atom is -0.339 e. The molecule has 1 unspecified atom stereocenters. The van der Waals surface area contributed by atoms with E-state index in [4.69, 9.17) is 5.73 Å². The van der Waals surface area contributed by atoms with Crippen molar-refractivity contribution in [3.8, 4) is 0 Å². The Kier molecular flexibility index (Phi) is 2.48. The van der Waals surface area contributed by atoms with Crippen LogP contribution >= 0.6 is 0 Å². The van der Waals surface area contributed by atoms with Crippen molar-refractivity contribution in [1.82, 2.24) is 14.6 Å². The topological polar surface area (TPSA) is 59.5 Å². The van der Waals surface area contributed by atoms with Crippen LogP contribution in [0.5, 0.6) is 0 Å². The molecule has 0 aliphatic carbocycles. The highest BCUT2D eigenvalue weighted by Gasteiger charge is 2.24. The molecule has 0 amide bonds. The number of nitrogens with two attached hydrogens (primary N) is 1. The van der Waals surface area contributed by atoms with Gasteiger partial charge in [0.25, 0.3) is 0 Å². The summed E-state index contributed by atoms with van der Waals surface area (Å²) in [5.41, 5.74) is 7.80. The van der Waals surface area contributed by atoms with Gasteiger partial charge in [0.1, 0.15) is 0 Å². The van der Waals surface area contributed by atoms with Gasteiger partial charge in [0, 0.05) is 19.3 Å². The first-order valence-corrected chi connectivity index (χ1v) is 6.05. The minimum atomic E-state index is 0.586. The second-order valence-corrected chi connectivity index (χ2v) is 4.71. The molecule has 1 aliphatic heterocycles. The monoisotopic (exact) mass is 231 g/mol. The molecule has 90 valence electrons. The predicted molar refractivity (Wildman–Crippen MR) is 67.1 cm³/mol. The van der Waals surface area contributed by atoms with E-state index < -0.39 is 0 Å². The molecule has 5 heteroatoms. The van der Waals surface area contributed by atoms with E-state index in [1.165, 1.54) is 0 Å². The highest BCUT2D eigenvalue weighted by atomic mass is 15.4. The first-order valence-electron chi connectivity index (χ1n) is 6.05. The maximum absolute atomic E-state index is 5.70. The van der Waals surface area contributed by atoms with Crippen molar-refractivity contribution in [1.29, 1.82) is 0 Å². The summed E-state index contributed by atoms with van der Waals surface area (Å²) in [5.74, 6) is 1.41. The van der Waals surface area contributed by atoms with Gasteiger partial charge < -0.3 is 10.6 Å². The van der Waals surface area contributed by atoms with E-state index in [1.807, 2.05) is 16.8 Å². The predicted octanol–water partition coefficient (Wildman–Crippen LogP) is 0.823. The highest BCUT2D eigenvalue weighted by molar-refractivity contribution is 5.50. The second kappa shape index (κ2) is 4.00. The maximum atomic E-state index is 5.70. The zero-order chi connectivity index (χ0) is 11.8. The molecule has 1 aliphatic rings. The van der Waals surface area contributed by atoms with Gasteiger partial charge in [-0.05, 0) is 37.4 Å². The van der Waals surface area contributed by atoms with Gasteiger partial charge in [-0.25, -0.2) is 4.52 Å². The van der Waals surface area contributed by atoms with E-state index in [9.17, 15) is 0 Å². The number of pyridine rings is 1. The molecule has 3 heterocycles. The molecule has 0 aromatic carbocycles. The fourth-order valence-corrected chi connectivity index (χ4v) is 2.37. The summed E-state index contributed by atoms with van der Waals surface area (Å²) in [6.07, 6.45) is 3.08. The molecular formula is C12H17N5. The maximum Gasteiger partial charge on any atom is 0.245 e. The fourth-order valence-electron chi connectivity index (χ4n) is 2.37. The van der Waals surface area contributed by atoms with Gasteiger partial charge in [-0.1, -0.05) is 6.07 Å². The van der Waals surface area contributed by atoms with Crippen molar-refractivity contribution >= 4 is 11.6 Å². The standard InChI is InChI=1S/C12H17N5/c1-9-3-2-5-17-11(9)14-12(15-17)16-6-4-10(7-13)8-16/h2-3,5,10H,4,6-8,13H2,1H3. The normalized spacial score (nSPS) is 20.4. The van der Waals surface area contributed by atoms with Crippen LogP contribution in [0.15, 0.2) is 18.3 Å². The van der Waals surface area contributed by atoms with Gasteiger partial charge in [0.2, 0.25) is 5.95 Å². The van der Waals surface area contributed by atoms with Gasteiger partial charge >= 0.3 is 0 Å². The molecule has 2 aromatic rings. The van der Waals surface area contributed by atoms with Crippen LogP contribution in [0.3, 0.4) is 0 Å². The number of aryl methyl sites for hydroxylation is 1. The Bertz CT molecular complexity index is 533. The van der Waals surface area contributed by atoms with Crippen LogP contribution in [0.25, 0.3) is 5.65 Å². The van der Waals surface area contributed by atoms with Crippen LogP contribution < -0.4 is 10.6 Å². The molecule has 0 bridgehead atoms. The van der Waals surface area contributed by atoms with E-state index in [0.29, 0.717) is 5.92 Å². The third-order valence-corrected chi connectivity index (χ3v) is 3.45. The zero-order valence-corrected chi connectivity index (χ0v) is 10.0. The van der Waals surface area contributed by atoms with Crippen LogP contribution in [0.4, 0.5) is 5.95 Å². The number of nitrogens with zero attached hydrogens (tertiary/aromatic N) is 4. The summed E-state index contributed by atoms with van der Waals surface area (Å²) in [4.78, 5) is 6.83. The van der Waals surface area contributed by atoms with Crippen molar-refractivity contribution in [2.45, 2.75) is 13.3 Å². The van der Waals surface area contributed by atoms with Crippen LogP contribution in [0.1, 0.15) is 12.0 Å². The van der Waals surface area contributed by atoms with E-state index in [-0.39, 0.29) is 0 Å². The van der Waals surface area contributed by atoms with Crippen LogP contribution in [-0.4, -0.2) is 34.2 Å². The third-order valence-electron chi connectivity index (χ3n) is 3.45. The molecule has 0 radical (unpaired) electrons. The van der Waals surface area contributed by atoms with Crippen molar-refractivity contribution in [2.75, 3.05) is 24.5 Å². The van der Waals surface area contributed by atoms with E-state index in [1.54, 1.807) is 0 Å². The van der Waals surface area contributed by atoms with E-state index in [0.717, 1.165) is 43.2 Å². The summed E-state index contributed by atoms with van der Waals surface area (Å²) >= 11 is 0. The number of hydrogen-bond donors (Lipinski definition) is 1. The lowest BCUT2D eigenvalue weighted by Gasteiger charge is -2.12. The number of fused-ring (bicyclic) bond motifs is 1. The van der Waals surface area contributed by atoms with Crippen molar-refractivity contribution in [2.24, 2.45) is 11.7 Å². The average Bonchev–Trinajstić information content (AvgIpc) is 2.95. The van der Waals surface area contributed by atoms with Gasteiger partial charge in [-0.2, -0.15) is 4.98 Å². The molecule has 0 saturated carbocycles. The van der Waals surface area contributed by atoms with Gasteiger partial charge in [-0.3, -0.25) is 0 Å². The molecule has 5 nitrogen and oxygen atoms in total. The number of hydrogen-bond acceptors (Lipinski definition) is 4. The van der Waals surface area contributed by atoms with Crippen LogP contribution in [0, 0.1) is 12.8 Å². The quantitative estimate of drug-likeness (QED) is 0.831. The SMILES string of the molecule is Cc1cccn2nc(N3CCC(CN)C3)nc12. The Morgan fingerprint density at radius 2 is 2.41 bits per heavy atom. The van der Waals surface area contributed by atoms with E-state index >= 15 is 0 Å². The molecule has 2 N–H and O–H groups in total. The smallest absolute Gasteiger partial charge is 0.245 e. The lowest BCUT2D eigenvalue weighted by Crippen LogP contribution is -2.23.